The maximum atomic E-state index is 11.6. The summed E-state index contributed by atoms with van der Waals surface area (Å²) in [4.78, 5) is 11.6. The Morgan fingerprint density at radius 2 is 1.73 bits per heavy atom. The van der Waals surface area contributed by atoms with Crippen molar-refractivity contribution in [3.05, 3.63) is 0 Å². The van der Waals surface area contributed by atoms with Crippen molar-refractivity contribution in [2.24, 2.45) is 5.92 Å². The van der Waals surface area contributed by atoms with Crippen molar-refractivity contribution in [1.29, 1.82) is 0 Å². The summed E-state index contributed by atoms with van der Waals surface area (Å²) >= 11 is 0. The Hall–Kier alpha value is -0.730. The molecule has 2 N–H and O–H groups in total. The van der Waals surface area contributed by atoms with Crippen molar-refractivity contribution >= 4 is 6.03 Å². The highest BCUT2D eigenvalue weighted by Crippen LogP contribution is 2.17. The van der Waals surface area contributed by atoms with Gasteiger partial charge in [-0.3, -0.25) is 0 Å². The molecular weight excluding hydrogens is 188 g/mol. The highest BCUT2D eigenvalue weighted by molar-refractivity contribution is 5.74. The fourth-order valence-electron chi connectivity index (χ4n) is 1.85. The van der Waals surface area contributed by atoms with Crippen LogP contribution < -0.4 is 10.6 Å². The van der Waals surface area contributed by atoms with Crippen LogP contribution in [0, 0.1) is 5.92 Å². The van der Waals surface area contributed by atoms with E-state index in [2.05, 4.69) is 24.5 Å². The molecule has 0 heterocycles. The quantitative estimate of drug-likeness (QED) is 0.742. The van der Waals surface area contributed by atoms with Crippen LogP contribution in [0.1, 0.15) is 52.9 Å². The summed E-state index contributed by atoms with van der Waals surface area (Å²) in [7, 11) is 0. The van der Waals surface area contributed by atoms with Crippen LogP contribution in [0.25, 0.3) is 0 Å². The van der Waals surface area contributed by atoms with Crippen molar-refractivity contribution in [3.8, 4) is 0 Å². The maximum Gasteiger partial charge on any atom is 0.315 e. The van der Waals surface area contributed by atoms with Crippen LogP contribution in [-0.2, 0) is 0 Å². The topological polar surface area (TPSA) is 41.1 Å². The molecule has 3 nitrogen and oxygen atoms in total. The molecule has 0 aromatic carbocycles. The minimum Gasteiger partial charge on any atom is -0.335 e. The Bertz CT molecular complexity index is 198. The maximum absolute atomic E-state index is 11.6. The predicted molar refractivity (Wildman–Crippen MR) is 62.8 cm³/mol. The van der Waals surface area contributed by atoms with Gasteiger partial charge < -0.3 is 10.6 Å². The molecule has 1 aliphatic rings. The van der Waals surface area contributed by atoms with Gasteiger partial charge in [0.25, 0.3) is 0 Å². The lowest BCUT2D eigenvalue weighted by atomic mass is 9.96. The number of hydrogen-bond acceptors (Lipinski definition) is 1. The number of amides is 2. The number of carbonyl (C=O) groups excluding carboxylic acids is 1. The summed E-state index contributed by atoms with van der Waals surface area (Å²) in [6, 6.07) is 0.648. The Morgan fingerprint density at radius 3 is 2.27 bits per heavy atom. The van der Waals surface area contributed by atoms with E-state index in [-0.39, 0.29) is 12.1 Å². The fraction of sp³-hybridized carbons (Fsp3) is 0.917. The highest BCUT2D eigenvalue weighted by atomic mass is 16.2. The number of hydrogen-bond donors (Lipinski definition) is 2. The first-order valence-corrected chi connectivity index (χ1v) is 6.16. The molecule has 0 saturated heterocycles. The first kappa shape index (κ1) is 12.3. The van der Waals surface area contributed by atoms with Gasteiger partial charge in [0.15, 0.2) is 0 Å². The first-order valence-electron chi connectivity index (χ1n) is 6.16. The molecule has 0 bridgehead atoms. The predicted octanol–water partition coefficient (Wildman–Crippen LogP) is 2.66. The van der Waals surface area contributed by atoms with Crippen LogP contribution in [0.15, 0.2) is 0 Å². The molecule has 88 valence electrons. The number of carbonyl (C=O) groups is 1. The van der Waals surface area contributed by atoms with Gasteiger partial charge in [0.2, 0.25) is 0 Å². The van der Waals surface area contributed by atoms with Gasteiger partial charge in [-0.1, -0.05) is 33.1 Å². The summed E-state index contributed by atoms with van der Waals surface area (Å²) in [5.74, 6) is 0.488. The van der Waals surface area contributed by atoms with Crippen molar-refractivity contribution in [3.63, 3.8) is 0 Å². The van der Waals surface area contributed by atoms with Gasteiger partial charge in [0, 0.05) is 12.1 Å². The third kappa shape index (κ3) is 4.54. The van der Waals surface area contributed by atoms with E-state index in [1.807, 2.05) is 6.92 Å². The largest absolute Gasteiger partial charge is 0.335 e. The molecule has 0 aliphatic heterocycles. The second-order valence-corrected chi connectivity index (χ2v) is 4.99. The Balaban J connectivity index is 2.22. The van der Waals surface area contributed by atoms with Gasteiger partial charge in [-0.15, -0.1) is 0 Å². The molecule has 0 radical (unpaired) electrons. The van der Waals surface area contributed by atoms with Gasteiger partial charge in [-0.2, -0.15) is 0 Å². The normalized spacial score (nSPS) is 20.0. The summed E-state index contributed by atoms with van der Waals surface area (Å²) in [6.07, 6.45) is 6.12. The summed E-state index contributed by atoms with van der Waals surface area (Å²) in [5, 5.41) is 6.03. The molecular formula is C12H24N2O. The number of urea groups is 1. The molecule has 3 heteroatoms. The molecule has 0 unspecified atom stereocenters. The van der Waals surface area contributed by atoms with E-state index in [0.29, 0.717) is 12.0 Å². The van der Waals surface area contributed by atoms with E-state index in [1.165, 1.54) is 19.3 Å². The van der Waals surface area contributed by atoms with Crippen molar-refractivity contribution in [2.45, 2.75) is 65.0 Å². The van der Waals surface area contributed by atoms with Gasteiger partial charge in [0.1, 0.15) is 0 Å². The van der Waals surface area contributed by atoms with E-state index < -0.39 is 0 Å². The van der Waals surface area contributed by atoms with Gasteiger partial charge in [0.05, 0.1) is 0 Å². The van der Waals surface area contributed by atoms with Crippen LogP contribution in [0.2, 0.25) is 0 Å². The zero-order valence-corrected chi connectivity index (χ0v) is 10.2. The lowest BCUT2D eigenvalue weighted by Gasteiger charge is -2.25. The van der Waals surface area contributed by atoms with Crippen molar-refractivity contribution in [1.82, 2.24) is 10.6 Å². The molecule has 1 atom stereocenters. The molecule has 1 fully saturated rings. The van der Waals surface area contributed by atoms with E-state index in [4.69, 9.17) is 0 Å². The zero-order chi connectivity index (χ0) is 11.3. The summed E-state index contributed by atoms with van der Waals surface area (Å²) < 4.78 is 0. The molecule has 0 aromatic heterocycles. The van der Waals surface area contributed by atoms with Crippen molar-refractivity contribution in [2.75, 3.05) is 0 Å². The Morgan fingerprint density at radius 1 is 1.13 bits per heavy atom. The zero-order valence-electron chi connectivity index (χ0n) is 10.2. The minimum atomic E-state index is 0.00287. The van der Waals surface area contributed by atoms with Gasteiger partial charge in [-0.25, -0.2) is 4.79 Å². The Labute approximate surface area is 93.0 Å². The molecule has 0 aromatic rings. The number of nitrogens with one attached hydrogen (secondary N) is 2. The van der Waals surface area contributed by atoms with Crippen LogP contribution in [-0.4, -0.2) is 18.1 Å². The molecule has 1 aliphatic carbocycles. The minimum absolute atomic E-state index is 0.00287. The average Bonchev–Trinajstić information content (AvgIpc) is 2.18. The SMILES string of the molecule is CC(C)[C@H](C)NC(=O)NC1CCCCC1. The van der Waals surface area contributed by atoms with Gasteiger partial charge >= 0.3 is 6.03 Å². The van der Waals surface area contributed by atoms with E-state index in [1.54, 1.807) is 0 Å². The van der Waals surface area contributed by atoms with Crippen LogP contribution in [0.5, 0.6) is 0 Å². The van der Waals surface area contributed by atoms with Crippen LogP contribution in [0.3, 0.4) is 0 Å². The second kappa shape index (κ2) is 5.99. The van der Waals surface area contributed by atoms with E-state index in [0.717, 1.165) is 12.8 Å². The van der Waals surface area contributed by atoms with Crippen molar-refractivity contribution < 1.29 is 4.79 Å². The third-order valence-electron chi connectivity index (χ3n) is 3.30. The first-order chi connectivity index (χ1) is 7.09. The lowest BCUT2D eigenvalue weighted by molar-refractivity contribution is 0.226. The second-order valence-electron chi connectivity index (χ2n) is 4.99. The lowest BCUT2D eigenvalue weighted by Crippen LogP contribution is -2.47. The van der Waals surface area contributed by atoms with E-state index in [9.17, 15) is 4.79 Å². The standard InChI is InChI=1S/C12H24N2O/c1-9(2)10(3)13-12(15)14-11-7-5-4-6-8-11/h9-11H,4-8H2,1-3H3,(H2,13,14,15)/t10-/m0/s1. The van der Waals surface area contributed by atoms with E-state index >= 15 is 0 Å². The summed E-state index contributed by atoms with van der Waals surface area (Å²) in [5.41, 5.74) is 0. The highest BCUT2D eigenvalue weighted by Gasteiger charge is 2.17. The molecule has 1 rings (SSSR count). The molecule has 1 saturated carbocycles. The fourth-order valence-corrected chi connectivity index (χ4v) is 1.85. The van der Waals surface area contributed by atoms with Gasteiger partial charge in [-0.05, 0) is 25.7 Å². The number of rotatable bonds is 3. The van der Waals surface area contributed by atoms with Crippen LogP contribution in [0.4, 0.5) is 4.79 Å². The smallest absolute Gasteiger partial charge is 0.315 e. The summed E-state index contributed by atoms with van der Waals surface area (Å²) in [6.45, 7) is 6.28. The monoisotopic (exact) mass is 212 g/mol. The molecule has 15 heavy (non-hydrogen) atoms. The Kier molecular flexibility index (Phi) is 4.92. The average molecular weight is 212 g/mol. The third-order valence-corrected chi connectivity index (χ3v) is 3.30. The molecule has 0 spiro atoms. The van der Waals surface area contributed by atoms with Crippen LogP contribution >= 0.6 is 0 Å². The molecule has 2 amide bonds.